The number of anilines is 1. The van der Waals surface area contributed by atoms with Crippen molar-refractivity contribution >= 4 is 49.6 Å². The number of fused-ring (bicyclic) bond motifs is 2. The first-order chi connectivity index (χ1) is 15.5. The number of hydrogen-bond donors (Lipinski definition) is 1. The van der Waals surface area contributed by atoms with E-state index in [0.717, 1.165) is 51.8 Å². The van der Waals surface area contributed by atoms with Crippen molar-refractivity contribution in [2.45, 2.75) is 26.8 Å². The van der Waals surface area contributed by atoms with E-state index in [1.165, 1.54) is 17.4 Å². The normalized spacial score (nSPS) is 13.8. The molecule has 1 N–H and O–H groups in total. The van der Waals surface area contributed by atoms with Gasteiger partial charge in [0.25, 0.3) is 5.91 Å². The Kier molecular flexibility index (Phi) is 5.63. The molecule has 7 heteroatoms. The van der Waals surface area contributed by atoms with Crippen LogP contribution in [0.2, 0.25) is 0 Å². The molecule has 3 heterocycles. The molecule has 0 atom stereocenters. The third-order valence-electron chi connectivity index (χ3n) is 5.87. The molecule has 1 aliphatic heterocycles. The molecule has 0 fully saturated rings. The van der Waals surface area contributed by atoms with E-state index in [0.29, 0.717) is 11.1 Å². The summed E-state index contributed by atoms with van der Waals surface area (Å²) in [7, 11) is 0. The van der Waals surface area contributed by atoms with Crippen LogP contribution in [0.3, 0.4) is 0 Å². The largest absolute Gasteiger partial charge is 0.313 e. The fourth-order valence-electron chi connectivity index (χ4n) is 4.05. The van der Waals surface area contributed by atoms with Crippen LogP contribution in [0.1, 0.15) is 45.0 Å². The molecule has 2 aromatic carbocycles. The van der Waals surface area contributed by atoms with E-state index in [2.05, 4.69) is 23.2 Å². The highest BCUT2D eigenvalue weighted by Gasteiger charge is 2.27. The van der Waals surface area contributed by atoms with E-state index in [1.54, 1.807) is 46.9 Å². The van der Waals surface area contributed by atoms with E-state index < -0.39 is 0 Å². The number of thiophene rings is 1. The Labute approximate surface area is 194 Å². The van der Waals surface area contributed by atoms with Crippen molar-refractivity contribution in [3.63, 3.8) is 0 Å². The summed E-state index contributed by atoms with van der Waals surface area (Å²) in [6.45, 7) is 6.63. The van der Waals surface area contributed by atoms with Gasteiger partial charge < -0.3 is 5.32 Å². The van der Waals surface area contributed by atoms with Crippen LogP contribution in [0.25, 0.3) is 20.8 Å². The third kappa shape index (κ3) is 3.88. The Morgan fingerprint density at radius 2 is 1.81 bits per heavy atom. The monoisotopic (exact) mass is 461 g/mol. The van der Waals surface area contributed by atoms with Gasteiger partial charge in [-0.3, -0.25) is 14.5 Å². The number of aromatic nitrogens is 1. The molecule has 0 bridgehead atoms. The molecule has 0 aliphatic carbocycles. The minimum Gasteiger partial charge on any atom is -0.313 e. The minimum atomic E-state index is -0.173. The first-order valence-corrected chi connectivity index (χ1v) is 12.3. The van der Waals surface area contributed by atoms with E-state index in [1.807, 2.05) is 18.2 Å². The molecule has 0 unspecified atom stereocenters. The lowest BCUT2D eigenvalue weighted by Crippen LogP contribution is -2.29. The predicted octanol–water partition coefficient (Wildman–Crippen LogP) is 5.86. The molecule has 5 rings (SSSR count). The van der Waals surface area contributed by atoms with Crippen LogP contribution in [0.5, 0.6) is 0 Å². The number of para-hydroxylation sites is 1. The fourth-order valence-corrected chi connectivity index (χ4v) is 6.45. The number of carbonyl (C=O) groups is 2. The lowest BCUT2D eigenvalue weighted by molar-refractivity contribution is 0.101. The molecule has 0 saturated carbocycles. The number of carbonyl (C=O) groups excluding carboxylic acids is 2. The smallest absolute Gasteiger partial charge is 0.256 e. The van der Waals surface area contributed by atoms with E-state index in [-0.39, 0.29) is 11.7 Å². The molecular weight excluding hydrogens is 438 g/mol. The zero-order valence-corrected chi connectivity index (χ0v) is 19.6. The number of ketones is 1. The van der Waals surface area contributed by atoms with E-state index in [4.69, 9.17) is 4.98 Å². The molecule has 5 nitrogen and oxygen atoms in total. The van der Waals surface area contributed by atoms with Crippen LogP contribution in [0, 0.1) is 0 Å². The summed E-state index contributed by atoms with van der Waals surface area (Å²) in [6.07, 6.45) is 0.952. The van der Waals surface area contributed by atoms with Gasteiger partial charge in [0.15, 0.2) is 5.78 Å². The van der Waals surface area contributed by atoms with Gasteiger partial charge in [-0.25, -0.2) is 4.98 Å². The van der Waals surface area contributed by atoms with Gasteiger partial charge in [-0.1, -0.05) is 31.2 Å². The van der Waals surface area contributed by atoms with Gasteiger partial charge >= 0.3 is 0 Å². The lowest BCUT2D eigenvalue weighted by Gasteiger charge is -2.25. The third-order valence-corrected chi connectivity index (χ3v) is 8.06. The minimum absolute atomic E-state index is 0.0125. The van der Waals surface area contributed by atoms with Crippen LogP contribution >= 0.6 is 22.7 Å². The number of thiazole rings is 1. The van der Waals surface area contributed by atoms with Gasteiger partial charge in [0.05, 0.1) is 10.2 Å². The van der Waals surface area contributed by atoms with Gasteiger partial charge in [0.1, 0.15) is 10.0 Å². The molecule has 2 aromatic heterocycles. The highest BCUT2D eigenvalue weighted by atomic mass is 32.1. The number of likely N-dealkylation sites (N-methyl/N-ethyl adjacent to an activating group) is 1. The van der Waals surface area contributed by atoms with Crippen LogP contribution in [0.15, 0.2) is 48.5 Å². The summed E-state index contributed by atoms with van der Waals surface area (Å²) in [5.74, 6) is -0.185. The quantitative estimate of drug-likeness (QED) is 0.378. The zero-order chi connectivity index (χ0) is 22.2. The topological polar surface area (TPSA) is 62.3 Å². The van der Waals surface area contributed by atoms with Gasteiger partial charge in [0.2, 0.25) is 0 Å². The van der Waals surface area contributed by atoms with E-state index in [9.17, 15) is 9.59 Å². The van der Waals surface area contributed by atoms with Crippen molar-refractivity contribution < 1.29 is 9.59 Å². The van der Waals surface area contributed by atoms with Gasteiger partial charge in [-0.15, -0.1) is 22.7 Å². The second kappa shape index (κ2) is 8.58. The maximum absolute atomic E-state index is 13.1. The fraction of sp³-hybridized carbons (Fsp3) is 0.240. The van der Waals surface area contributed by atoms with Crippen molar-refractivity contribution in [1.29, 1.82) is 0 Å². The van der Waals surface area contributed by atoms with Crippen molar-refractivity contribution in [2.24, 2.45) is 0 Å². The number of nitrogens with one attached hydrogen (secondary N) is 1. The molecule has 4 aromatic rings. The average Bonchev–Trinajstić information content (AvgIpc) is 3.38. The molecule has 32 heavy (non-hydrogen) atoms. The number of benzene rings is 2. The van der Waals surface area contributed by atoms with E-state index >= 15 is 0 Å². The summed E-state index contributed by atoms with van der Waals surface area (Å²) in [6, 6.07) is 15.0. The molecule has 0 saturated heterocycles. The zero-order valence-electron chi connectivity index (χ0n) is 18.0. The highest BCUT2D eigenvalue weighted by molar-refractivity contribution is 7.23. The number of Topliss-reactive ketones (excluding diaryl/α,β-unsaturated/α-hetero) is 1. The van der Waals surface area contributed by atoms with Gasteiger partial charge in [-0.05, 0) is 49.7 Å². The average molecular weight is 462 g/mol. The molecule has 1 amide bonds. The van der Waals surface area contributed by atoms with Crippen LogP contribution in [-0.4, -0.2) is 34.7 Å². The molecule has 1 aliphatic rings. The standard InChI is InChI=1S/C25H23N3O2S2/c1-3-28-13-12-18-21(14-28)32-25(22(18)24-26-19-6-4-5-7-20(19)31-24)27-23(30)17-10-8-16(9-11-17)15(2)29/h4-11H,3,12-14H2,1-2H3,(H,27,30). The lowest BCUT2D eigenvalue weighted by atomic mass is 10.0. The Bertz CT molecular complexity index is 1290. The van der Waals surface area contributed by atoms with Gasteiger partial charge in [-0.2, -0.15) is 0 Å². The SMILES string of the molecule is CCN1CCc2c(sc(NC(=O)c3ccc(C(C)=O)cc3)c2-c2nc3ccccc3s2)C1. The first kappa shape index (κ1) is 21.0. The maximum Gasteiger partial charge on any atom is 0.256 e. The van der Waals surface area contributed by atoms with Crippen molar-refractivity contribution in [2.75, 3.05) is 18.4 Å². The Morgan fingerprint density at radius 3 is 2.53 bits per heavy atom. The van der Waals surface area contributed by atoms with Crippen molar-refractivity contribution in [1.82, 2.24) is 9.88 Å². The summed E-state index contributed by atoms with van der Waals surface area (Å²) in [5, 5.41) is 4.96. The van der Waals surface area contributed by atoms with Crippen LogP contribution < -0.4 is 5.32 Å². The van der Waals surface area contributed by atoms with Crippen LogP contribution in [-0.2, 0) is 13.0 Å². The number of amides is 1. The molecule has 0 radical (unpaired) electrons. The number of hydrogen-bond acceptors (Lipinski definition) is 6. The molecule has 162 valence electrons. The summed E-state index contributed by atoms with van der Waals surface area (Å²) < 4.78 is 1.14. The summed E-state index contributed by atoms with van der Waals surface area (Å²) >= 11 is 3.33. The van der Waals surface area contributed by atoms with Crippen molar-refractivity contribution in [3.05, 3.63) is 70.1 Å². The number of rotatable bonds is 5. The maximum atomic E-state index is 13.1. The first-order valence-electron chi connectivity index (χ1n) is 10.7. The van der Waals surface area contributed by atoms with Crippen molar-refractivity contribution in [3.8, 4) is 10.6 Å². The summed E-state index contributed by atoms with van der Waals surface area (Å²) in [4.78, 5) is 33.2. The Morgan fingerprint density at radius 1 is 1.06 bits per heavy atom. The van der Waals surface area contributed by atoms with Crippen LogP contribution in [0.4, 0.5) is 5.00 Å². The summed E-state index contributed by atoms with van der Waals surface area (Å²) in [5.41, 5.74) is 4.49. The molecular formula is C25H23N3O2S2. The second-order valence-electron chi connectivity index (χ2n) is 7.90. The second-order valence-corrected chi connectivity index (χ2v) is 10.0. The Balaban J connectivity index is 1.54. The number of nitrogens with zero attached hydrogens (tertiary/aromatic N) is 2. The highest BCUT2D eigenvalue weighted by Crippen LogP contribution is 2.45. The predicted molar refractivity (Wildman–Crippen MR) is 132 cm³/mol. The molecule has 0 spiro atoms. The Hall–Kier alpha value is -2.87. The van der Waals surface area contributed by atoms with Gasteiger partial charge in [0, 0.05) is 34.7 Å².